The van der Waals surface area contributed by atoms with Crippen molar-refractivity contribution in [3.8, 4) is 18.2 Å². The average molecular weight is 291 g/mol. The number of halogens is 3. The lowest BCUT2D eigenvalue weighted by Gasteiger charge is -2.08. The second-order valence-corrected chi connectivity index (χ2v) is 3.39. The first-order valence-corrected chi connectivity index (χ1v) is 4.97. The number of rotatable bonds is 3. The number of hydrogen-bond donors (Lipinski definition) is 3. The highest BCUT2D eigenvalue weighted by molar-refractivity contribution is 6.45. The molecule has 1 aromatic carbocycles. The minimum atomic E-state index is -1.81. The van der Waals surface area contributed by atoms with Crippen LogP contribution >= 0.6 is 0 Å². The minimum Gasteiger partial charge on any atom is -0.382 e. The van der Waals surface area contributed by atoms with Gasteiger partial charge in [0.15, 0.2) is 23.3 Å². The molecule has 104 valence electrons. The maximum atomic E-state index is 13.8. The van der Waals surface area contributed by atoms with Crippen LogP contribution < -0.4 is 11.2 Å². The fourth-order valence-corrected chi connectivity index (χ4v) is 1.23. The zero-order valence-corrected chi connectivity index (χ0v) is 10.0. The van der Waals surface area contributed by atoms with Crippen molar-refractivity contribution in [3.05, 3.63) is 28.6 Å². The molecule has 0 saturated heterocycles. The first-order chi connectivity index (χ1) is 9.88. The van der Waals surface area contributed by atoms with Gasteiger partial charge in [-0.05, 0) is 0 Å². The van der Waals surface area contributed by atoms with Crippen LogP contribution in [-0.2, 0) is 0 Å². The SMILES string of the molecule is N#C/C(=N\Nc1c(F)c(C#N)c(F)c(F)c1C#N)C(=N)N. The molecule has 1 rings (SSSR count). The normalized spacial score (nSPS) is 10.2. The van der Waals surface area contributed by atoms with Crippen molar-refractivity contribution >= 4 is 17.2 Å². The van der Waals surface area contributed by atoms with E-state index in [4.69, 9.17) is 26.9 Å². The summed E-state index contributed by atoms with van der Waals surface area (Å²) in [5.74, 6) is -5.88. The highest BCUT2D eigenvalue weighted by Crippen LogP contribution is 2.28. The van der Waals surface area contributed by atoms with E-state index in [1.807, 2.05) is 0 Å². The molecule has 7 nitrogen and oxygen atoms in total. The monoisotopic (exact) mass is 291 g/mol. The molecule has 0 saturated carbocycles. The second-order valence-electron chi connectivity index (χ2n) is 3.39. The zero-order chi connectivity index (χ0) is 16.2. The number of nitrogens with one attached hydrogen (secondary N) is 2. The van der Waals surface area contributed by atoms with Crippen molar-refractivity contribution in [1.82, 2.24) is 0 Å². The van der Waals surface area contributed by atoms with Gasteiger partial charge in [0.2, 0.25) is 5.71 Å². The zero-order valence-electron chi connectivity index (χ0n) is 10.0. The number of nitriles is 3. The van der Waals surface area contributed by atoms with Gasteiger partial charge in [-0.15, -0.1) is 0 Å². The smallest absolute Gasteiger partial charge is 0.201 e. The molecule has 10 heteroatoms. The summed E-state index contributed by atoms with van der Waals surface area (Å²) in [5, 5.41) is 36.0. The standard InChI is InChI=1S/C11H4F3N7/c12-7-4(1-15)9(14)10(5(2-16)8(7)13)21-20-6(3-17)11(18)19/h21H,(H3,18,19)/b20-6+. The van der Waals surface area contributed by atoms with E-state index in [1.165, 1.54) is 12.1 Å². The summed E-state index contributed by atoms with van der Waals surface area (Å²) in [6, 6.07) is 3.69. The molecule has 0 fully saturated rings. The van der Waals surface area contributed by atoms with Gasteiger partial charge in [-0.1, -0.05) is 0 Å². The van der Waals surface area contributed by atoms with Crippen molar-refractivity contribution in [2.24, 2.45) is 10.8 Å². The summed E-state index contributed by atoms with van der Waals surface area (Å²) in [6.07, 6.45) is 0. The molecule has 0 aromatic heterocycles. The molecule has 4 N–H and O–H groups in total. The molecule has 0 aliphatic carbocycles. The van der Waals surface area contributed by atoms with Gasteiger partial charge in [0.1, 0.15) is 35.0 Å². The molecule has 0 radical (unpaired) electrons. The molecular formula is C11H4F3N7. The van der Waals surface area contributed by atoms with Crippen LogP contribution in [0.15, 0.2) is 5.10 Å². The minimum absolute atomic E-state index is 0.679. The van der Waals surface area contributed by atoms with Gasteiger partial charge in [-0.25, -0.2) is 13.2 Å². The lowest BCUT2D eigenvalue weighted by atomic mass is 10.1. The number of benzene rings is 1. The Hall–Kier alpha value is -3.58. The van der Waals surface area contributed by atoms with Crippen LogP contribution in [0.1, 0.15) is 11.1 Å². The summed E-state index contributed by atoms with van der Waals surface area (Å²) in [6.45, 7) is 0. The number of amidine groups is 1. The lowest BCUT2D eigenvalue weighted by molar-refractivity contribution is 0.490. The number of nitrogens with zero attached hydrogens (tertiary/aromatic N) is 4. The van der Waals surface area contributed by atoms with Crippen LogP contribution in [0.2, 0.25) is 0 Å². The van der Waals surface area contributed by atoms with E-state index in [0.717, 1.165) is 6.07 Å². The molecule has 21 heavy (non-hydrogen) atoms. The summed E-state index contributed by atoms with van der Waals surface area (Å²) in [7, 11) is 0. The maximum absolute atomic E-state index is 13.8. The summed E-state index contributed by atoms with van der Waals surface area (Å²) >= 11 is 0. The third-order valence-electron chi connectivity index (χ3n) is 2.18. The first-order valence-electron chi connectivity index (χ1n) is 4.97. The van der Waals surface area contributed by atoms with E-state index in [9.17, 15) is 13.2 Å². The van der Waals surface area contributed by atoms with E-state index in [-0.39, 0.29) is 0 Å². The van der Waals surface area contributed by atoms with Crippen molar-refractivity contribution in [2.45, 2.75) is 0 Å². The molecule has 0 spiro atoms. The van der Waals surface area contributed by atoms with Crippen LogP contribution in [0.25, 0.3) is 0 Å². The van der Waals surface area contributed by atoms with Gasteiger partial charge in [-0.3, -0.25) is 10.8 Å². The van der Waals surface area contributed by atoms with Gasteiger partial charge in [-0.2, -0.15) is 20.9 Å². The molecule has 0 atom stereocenters. The number of nitrogens with two attached hydrogens (primary N) is 1. The van der Waals surface area contributed by atoms with Gasteiger partial charge < -0.3 is 5.73 Å². The van der Waals surface area contributed by atoms with Crippen molar-refractivity contribution in [3.63, 3.8) is 0 Å². The fourth-order valence-electron chi connectivity index (χ4n) is 1.23. The lowest BCUT2D eigenvalue weighted by Crippen LogP contribution is -2.22. The number of anilines is 1. The first kappa shape index (κ1) is 15.5. The van der Waals surface area contributed by atoms with E-state index < -0.39 is 45.8 Å². The quantitative estimate of drug-likeness (QED) is 0.330. The Morgan fingerprint density at radius 3 is 2.00 bits per heavy atom. The third kappa shape index (κ3) is 2.72. The van der Waals surface area contributed by atoms with E-state index in [0.29, 0.717) is 0 Å². The molecule has 0 heterocycles. The molecular weight excluding hydrogens is 287 g/mol. The maximum Gasteiger partial charge on any atom is 0.201 e. The van der Waals surface area contributed by atoms with E-state index >= 15 is 0 Å². The van der Waals surface area contributed by atoms with Crippen LogP contribution in [0, 0.1) is 56.9 Å². The summed E-state index contributed by atoms with van der Waals surface area (Å²) in [4.78, 5) is 0. The predicted molar refractivity (Wildman–Crippen MR) is 64.3 cm³/mol. The van der Waals surface area contributed by atoms with Crippen molar-refractivity contribution in [1.29, 1.82) is 21.2 Å². The van der Waals surface area contributed by atoms with Crippen molar-refractivity contribution in [2.75, 3.05) is 5.43 Å². The number of hydrogen-bond acceptors (Lipinski definition) is 6. The fraction of sp³-hybridized carbons (Fsp3) is 0. The Morgan fingerprint density at radius 2 is 1.57 bits per heavy atom. The Balaban J connectivity index is 3.55. The molecule has 1 aromatic rings. The van der Waals surface area contributed by atoms with Gasteiger partial charge in [0.25, 0.3) is 0 Å². The molecule has 0 unspecified atom stereocenters. The Morgan fingerprint density at radius 1 is 1.05 bits per heavy atom. The summed E-state index contributed by atoms with van der Waals surface area (Å²) < 4.78 is 40.7. The highest BCUT2D eigenvalue weighted by Gasteiger charge is 2.25. The Kier molecular flexibility index (Phi) is 4.45. The molecule has 0 amide bonds. The van der Waals surface area contributed by atoms with Crippen LogP contribution in [-0.4, -0.2) is 11.5 Å². The van der Waals surface area contributed by atoms with E-state index in [1.54, 1.807) is 5.43 Å². The van der Waals surface area contributed by atoms with E-state index in [2.05, 4.69) is 5.10 Å². The van der Waals surface area contributed by atoms with Crippen LogP contribution in [0.5, 0.6) is 0 Å². The highest BCUT2D eigenvalue weighted by atomic mass is 19.2. The van der Waals surface area contributed by atoms with Crippen molar-refractivity contribution < 1.29 is 13.2 Å². The van der Waals surface area contributed by atoms with Crippen LogP contribution in [0.4, 0.5) is 18.9 Å². The van der Waals surface area contributed by atoms with Gasteiger partial charge in [0.05, 0.1) is 0 Å². The topological polar surface area (TPSA) is 146 Å². The summed E-state index contributed by atoms with van der Waals surface area (Å²) in [5.41, 5.74) is 2.82. The van der Waals surface area contributed by atoms with Gasteiger partial charge in [0, 0.05) is 0 Å². The molecule has 0 bridgehead atoms. The largest absolute Gasteiger partial charge is 0.382 e. The molecule has 0 aliphatic heterocycles. The number of hydrazone groups is 1. The predicted octanol–water partition coefficient (Wildman–Crippen LogP) is 1.07. The Labute approximate surface area is 115 Å². The molecule has 0 aliphatic rings. The third-order valence-corrected chi connectivity index (χ3v) is 2.18. The Bertz CT molecular complexity index is 777. The van der Waals surface area contributed by atoms with Gasteiger partial charge >= 0.3 is 0 Å². The average Bonchev–Trinajstić information content (AvgIpc) is 2.45. The van der Waals surface area contributed by atoms with Crippen LogP contribution in [0.3, 0.4) is 0 Å². The second kappa shape index (κ2) is 6.04.